The SMILES string of the molecule is CC(C)C(CC(=O)N1CC(C(=O)N2CCC(c3ccccc3)(N(C)C)CC2)c2ccccc21)c1c[nH]c2ccccc12. The molecule has 1 N–H and O–H groups in total. The lowest BCUT2D eigenvalue weighted by Gasteiger charge is -2.47. The summed E-state index contributed by atoms with van der Waals surface area (Å²) in [4.78, 5) is 37.7. The number of hydrogen-bond acceptors (Lipinski definition) is 3. The summed E-state index contributed by atoms with van der Waals surface area (Å²) in [7, 11) is 4.28. The summed E-state index contributed by atoms with van der Waals surface area (Å²) in [5, 5.41) is 1.17. The molecule has 2 unspecified atom stereocenters. The molecule has 0 radical (unpaired) electrons. The molecule has 6 nitrogen and oxygen atoms in total. The quantitative estimate of drug-likeness (QED) is 0.279. The van der Waals surface area contributed by atoms with Gasteiger partial charge in [-0.3, -0.25) is 14.5 Å². The van der Waals surface area contributed by atoms with Gasteiger partial charge in [-0.25, -0.2) is 0 Å². The Morgan fingerprint density at radius 1 is 0.929 bits per heavy atom. The third-order valence-electron chi connectivity index (χ3n) is 9.86. The number of anilines is 1. The van der Waals surface area contributed by atoms with Crippen molar-refractivity contribution in [2.75, 3.05) is 38.6 Å². The number of amides is 2. The van der Waals surface area contributed by atoms with Gasteiger partial charge in [0.25, 0.3) is 0 Å². The number of fused-ring (bicyclic) bond motifs is 2. The van der Waals surface area contributed by atoms with Crippen molar-refractivity contribution in [1.82, 2.24) is 14.8 Å². The molecule has 0 saturated carbocycles. The van der Waals surface area contributed by atoms with Crippen LogP contribution in [-0.4, -0.2) is 60.3 Å². The second-order valence-corrected chi connectivity index (χ2v) is 12.6. The lowest BCUT2D eigenvalue weighted by atomic mass is 9.79. The minimum Gasteiger partial charge on any atom is -0.361 e. The van der Waals surface area contributed by atoms with Crippen LogP contribution >= 0.6 is 0 Å². The molecule has 0 aliphatic carbocycles. The predicted octanol–water partition coefficient (Wildman–Crippen LogP) is 6.51. The number of likely N-dealkylation sites (tertiary alicyclic amines) is 1. The Kier molecular flexibility index (Phi) is 7.67. The highest BCUT2D eigenvalue weighted by Crippen LogP contribution is 2.42. The van der Waals surface area contributed by atoms with Gasteiger partial charge in [0, 0.05) is 54.4 Å². The van der Waals surface area contributed by atoms with Crippen molar-refractivity contribution in [2.45, 2.75) is 50.5 Å². The summed E-state index contributed by atoms with van der Waals surface area (Å²) in [6.07, 6.45) is 4.23. The first-order valence-electron chi connectivity index (χ1n) is 15.3. The van der Waals surface area contributed by atoms with Crippen LogP contribution in [0.2, 0.25) is 0 Å². The van der Waals surface area contributed by atoms with Crippen LogP contribution in [0.25, 0.3) is 10.9 Å². The second-order valence-electron chi connectivity index (χ2n) is 12.6. The molecule has 0 bridgehead atoms. The monoisotopic (exact) mass is 562 g/mol. The van der Waals surface area contributed by atoms with E-state index in [4.69, 9.17) is 0 Å². The fraction of sp³-hybridized carbons (Fsp3) is 0.389. The van der Waals surface area contributed by atoms with E-state index in [9.17, 15) is 9.59 Å². The van der Waals surface area contributed by atoms with Gasteiger partial charge in [-0.15, -0.1) is 0 Å². The number of benzene rings is 3. The Morgan fingerprint density at radius 2 is 1.60 bits per heavy atom. The molecule has 6 heteroatoms. The highest BCUT2D eigenvalue weighted by Gasteiger charge is 2.43. The number of aromatic amines is 1. The molecule has 4 aromatic rings. The summed E-state index contributed by atoms with van der Waals surface area (Å²) in [5.74, 6) is 0.249. The maximum atomic E-state index is 14.1. The van der Waals surface area contributed by atoms with E-state index in [1.165, 1.54) is 16.5 Å². The molecule has 2 aliphatic heterocycles. The highest BCUT2D eigenvalue weighted by atomic mass is 16.2. The summed E-state index contributed by atoms with van der Waals surface area (Å²) in [5.41, 5.74) is 5.35. The van der Waals surface area contributed by atoms with E-state index in [0.717, 1.165) is 29.6 Å². The number of nitrogens with one attached hydrogen (secondary N) is 1. The lowest BCUT2D eigenvalue weighted by molar-refractivity contribution is -0.135. The van der Waals surface area contributed by atoms with Crippen LogP contribution in [-0.2, 0) is 15.1 Å². The van der Waals surface area contributed by atoms with Gasteiger partial charge < -0.3 is 14.8 Å². The molecule has 6 rings (SSSR count). The molecule has 2 amide bonds. The average molecular weight is 563 g/mol. The molecule has 1 aromatic heterocycles. The third kappa shape index (κ3) is 4.92. The topological polar surface area (TPSA) is 59.7 Å². The molecule has 3 heterocycles. The van der Waals surface area contributed by atoms with Crippen LogP contribution in [0.5, 0.6) is 0 Å². The van der Waals surface area contributed by atoms with Gasteiger partial charge in [0.1, 0.15) is 0 Å². The number of carbonyl (C=O) groups is 2. The zero-order valence-electron chi connectivity index (χ0n) is 25.2. The van der Waals surface area contributed by atoms with Crippen molar-refractivity contribution in [3.8, 4) is 0 Å². The van der Waals surface area contributed by atoms with E-state index >= 15 is 0 Å². The smallest absolute Gasteiger partial charge is 0.232 e. The minimum absolute atomic E-state index is 0.0785. The standard InChI is InChI=1S/C36H42N4O2/c1-25(2)29(30-23-37-32-16-10-8-14-27(30)32)22-34(41)40-24-31(28-15-9-11-17-33(28)40)35(42)39-20-18-36(19-21-39,38(3)4)26-12-6-5-7-13-26/h5-17,23,25,29,31,37H,18-22,24H2,1-4H3. The van der Waals surface area contributed by atoms with Gasteiger partial charge in [-0.05, 0) is 67.6 Å². The summed E-state index contributed by atoms with van der Waals surface area (Å²) >= 11 is 0. The Hall–Kier alpha value is -3.90. The first kappa shape index (κ1) is 28.2. The van der Waals surface area contributed by atoms with E-state index in [1.807, 2.05) is 40.1 Å². The van der Waals surface area contributed by atoms with Crippen molar-refractivity contribution in [3.63, 3.8) is 0 Å². The van der Waals surface area contributed by atoms with Gasteiger partial charge in [-0.1, -0.05) is 80.6 Å². The molecule has 42 heavy (non-hydrogen) atoms. The molecular weight excluding hydrogens is 520 g/mol. The summed E-state index contributed by atoms with van der Waals surface area (Å²) < 4.78 is 0. The van der Waals surface area contributed by atoms with E-state index in [1.54, 1.807) is 0 Å². The highest BCUT2D eigenvalue weighted by molar-refractivity contribution is 6.00. The molecule has 0 spiro atoms. The second kappa shape index (κ2) is 11.4. The van der Waals surface area contributed by atoms with Crippen molar-refractivity contribution in [1.29, 1.82) is 0 Å². The van der Waals surface area contributed by atoms with Gasteiger partial charge in [0.05, 0.1) is 5.92 Å². The van der Waals surface area contributed by atoms with Crippen LogP contribution in [0.4, 0.5) is 5.69 Å². The Balaban J connectivity index is 1.20. The molecule has 2 aliphatic rings. The number of para-hydroxylation sites is 2. The number of H-pyrrole nitrogens is 1. The van der Waals surface area contributed by atoms with Crippen LogP contribution in [0, 0.1) is 5.92 Å². The normalized spacial score (nSPS) is 19.0. The molecule has 3 aromatic carbocycles. The number of carbonyl (C=O) groups excluding carboxylic acids is 2. The predicted molar refractivity (Wildman–Crippen MR) is 170 cm³/mol. The number of hydrogen-bond donors (Lipinski definition) is 1. The fourth-order valence-electron chi connectivity index (χ4n) is 7.32. The van der Waals surface area contributed by atoms with Crippen LogP contribution in [0.3, 0.4) is 0 Å². The lowest BCUT2D eigenvalue weighted by Crippen LogP contribution is -2.52. The number of aromatic nitrogens is 1. The molecule has 1 saturated heterocycles. The number of nitrogens with zero attached hydrogens (tertiary/aromatic N) is 3. The Labute approximate surface area is 249 Å². The van der Waals surface area contributed by atoms with Gasteiger partial charge in [0.15, 0.2) is 0 Å². The van der Waals surface area contributed by atoms with E-state index in [-0.39, 0.29) is 29.2 Å². The van der Waals surface area contributed by atoms with Gasteiger partial charge >= 0.3 is 0 Å². The van der Waals surface area contributed by atoms with Gasteiger partial charge in [-0.2, -0.15) is 0 Å². The van der Waals surface area contributed by atoms with E-state index in [0.29, 0.717) is 32.0 Å². The molecule has 2 atom stereocenters. The van der Waals surface area contributed by atoms with Crippen molar-refractivity contribution >= 4 is 28.4 Å². The summed E-state index contributed by atoms with van der Waals surface area (Å²) in [6, 6.07) is 26.9. The van der Waals surface area contributed by atoms with E-state index in [2.05, 4.69) is 92.6 Å². The number of rotatable bonds is 7. The van der Waals surface area contributed by atoms with Crippen LogP contribution in [0.15, 0.2) is 85.1 Å². The Bertz CT molecular complexity index is 1570. The minimum atomic E-state index is -0.334. The first-order chi connectivity index (χ1) is 20.3. The van der Waals surface area contributed by atoms with Crippen LogP contribution < -0.4 is 4.90 Å². The zero-order valence-corrected chi connectivity index (χ0v) is 25.2. The van der Waals surface area contributed by atoms with Crippen molar-refractivity contribution in [3.05, 3.63) is 102 Å². The number of piperidine rings is 1. The summed E-state index contributed by atoms with van der Waals surface area (Å²) in [6.45, 7) is 6.18. The van der Waals surface area contributed by atoms with Crippen molar-refractivity contribution < 1.29 is 9.59 Å². The Morgan fingerprint density at radius 3 is 2.31 bits per heavy atom. The maximum Gasteiger partial charge on any atom is 0.232 e. The maximum absolute atomic E-state index is 14.1. The molecular formula is C36H42N4O2. The van der Waals surface area contributed by atoms with Crippen molar-refractivity contribution in [2.24, 2.45) is 5.92 Å². The molecule has 218 valence electrons. The van der Waals surface area contributed by atoms with Crippen LogP contribution in [0.1, 0.15) is 61.6 Å². The van der Waals surface area contributed by atoms with E-state index < -0.39 is 0 Å². The fourth-order valence-corrected chi connectivity index (χ4v) is 7.32. The molecule has 1 fully saturated rings. The average Bonchev–Trinajstić information content (AvgIpc) is 3.62. The first-order valence-corrected chi connectivity index (χ1v) is 15.3. The third-order valence-corrected chi connectivity index (χ3v) is 9.86. The largest absolute Gasteiger partial charge is 0.361 e. The zero-order chi connectivity index (χ0) is 29.4. The van der Waals surface area contributed by atoms with Gasteiger partial charge in [0.2, 0.25) is 11.8 Å².